The number of ether oxygens (including phenoxy) is 9. The van der Waals surface area contributed by atoms with Crippen molar-refractivity contribution in [2.24, 2.45) is 46.8 Å². The summed E-state index contributed by atoms with van der Waals surface area (Å²) in [4.78, 5) is 141. The van der Waals surface area contributed by atoms with Crippen molar-refractivity contribution in [3.8, 4) is 0 Å². The molecule has 2 bridgehead atoms. The summed E-state index contributed by atoms with van der Waals surface area (Å²) >= 11 is 0. The minimum absolute atomic E-state index is 0.000242. The lowest BCUT2D eigenvalue weighted by atomic mass is 9.54. The van der Waals surface area contributed by atoms with Crippen LogP contribution in [0.2, 0.25) is 0 Å². The van der Waals surface area contributed by atoms with Gasteiger partial charge in [-0.2, -0.15) is 0 Å². The zero-order valence-electron chi connectivity index (χ0n) is 61.9. The molecule has 23 heteroatoms. The highest BCUT2D eigenvalue weighted by molar-refractivity contribution is 6.39. The second kappa shape index (κ2) is 34.0. The Hall–Kier alpha value is -6.76. The van der Waals surface area contributed by atoms with Crippen LogP contribution in [0.4, 0.5) is 0 Å². The molecule has 0 spiro atoms. The number of rotatable bonds is 15. The van der Waals surface area contributed by atoms with Crippen LogP contribution in [0.25, 0.3) is 0 Å². The predicted molar refractivity (Wildman–Crippen MR) is 371 cm³/mol. The molecule has 2 saturated carbocycles. The van der Waals surface area contributed by atoms with Crippen LogP contribution in [0.5, 0.6) is 0 Å². The number of esters is 5. The van der Waals surface area contributed by atoms with Gasteiger partial charge in [0.15, 0.2) is 11.5 Å². The summed E-state index contributed by atoms with van der Waals surface area (Å²) in [6, 6.07) is -1.21. The number of fused-ring (bicyclic) bond motifs is 6. The second-order valence-electron chi connectivity index (χ2n) is 30.9. The molecule has 4 aliphatic heterocycles. The normalized spacial score (nSPS) is 37.4. The van der Waals surface area contributed by atoms with E-state index in [1.807, 2.05) is 65.0 Å². The molecule has 23 nitrogen and oxygen atoms in total. The Balaban J connectivity index is 0.823. The van der Waals surface area contributed by atoms with Gasteiger partial charge in [-0.15, -0.1) is 0 Å². The van der Waals surface area contributed by atoms with E-state index in [0.29, 0.717) is 112 Å². The third-order valence-corrected chi connectivity index (χ3v) is 23.6. The highest BCUT2D eigenvalue weighted by Crippen LogP contribution is 2.63. The Morgan fingerprint density at radius 2 is 1.49 bits per heavy atom. The van der Waals surface area contributed by atoms with Gasteiger partial charge in [-0.05, 0) is 164 Å². The number of carbonyl (C=O) groups excluding carboxylic acids is 10. The van der Waals surface area contributed by atoms with Gasteiger partial charge in [0.1, 0.15) is 66.4 Å². The molecule has 0 radical (unpaired) electrons. The molecule has 4 aliphatic carbocycles. The van der Waals surface area contributed by atoms with Gasteiger partial charge in [-0.25, -0.2) is 9.59 Å². The summed E-state index contributed by atoms with van der Waals surface area (Å²) in [6.45, 7) is 17.7. The molecule has 1 amide bonds. The summed E-state index contributed by atoms with van der Waals surface area (Å²) in [5, 5.41) is 23.8. The van der Waals surface area contributed by atoms with E-state index in [2.05, 4.69) is 0 Å². The summed E-state index contributed by atoms with van der Waals surface area (Å²) in [5.41, 5.74) is 0.716. The van der Waals surface area contributed by atoms with Crippen molar-refractivity contribution in [2.45, 2.75) is 270 Å². The van der Waals surface area contributed by atoms with Gasteiger partial charge in [-0.1, -0.05) is 78.0 Å². The van der Waals surface area contributed by atoms with E-state index in [4.69, 9.17) is 47.0 Å². The van der Waals surface area contributed by atoms with Crippen LogP contribution < -0.4 is 0 Å². The fraction of sp³-hybridized carbons (Fsp3) is 0.696. The number of hydrogen-bond donors (Lipinski definition) is 2. The molecule has 0 aromatic carbocycles. The largest absolute Gasteiger partial charge is 0.462 e. The third-order valence-electron chi connectivity index (χ3n) is 23.6. The Bertz CT molecular complexity index is 3460. The molecule has 5 heterocycles. The van der Waals surface area contributed by atoms with Gasteiger partial charge in [0, 0.05) is 94.8 Å². The predicted octanol–water partition coefficient (Wildman–Crippen LogP) is 10.6. The van der Waals surface area contributed by atoms with Crippen LogP contribution in [-0.2, 0) is 86.4 Å². The van der Waals surface area contributed by atoms with Crippen LogP contribution in [0, 0.1) is 46.8 Å². The Morgan fingerprint density at radius 3 is 2.17 bits per heavy atom. The number of nitrogens with zero attached hydrogens (tertiary/aromatic N) is 1. The van der Waals surface area contributed by atoms with Gasteiger partial charge < -0.3 is 62.2 Å². The summed E-state index contributed by atoms with van der Waals surface area (Å²) in [5.74, 6) is -11.4. The number of amides is 1. The quantitative estimate of drug-likeness (QED) is 0.0542. The maximum absolute atomic E-state index is 14.7. The van der Waals surface area contributed by atoms with Crippen molar-refractivity contribution < 1.29 is 105 Å². The number of aliphatic hydroxyl groups excluding tert-OH is 1. The number of Topliss-reactive ketones (excluding diaryl/α,β-unsaturated/α-hetero) is 4. The Labute approximate surface area is 599 Å². The van der Waals surface area contributed by atoms with E-state index in [-0.39, 0.29) is 92.5 Å². The molecule has 562 valence electrons. The molecule has 2 saturated heterocycles. The molecular weight excluding hydrogens is 1310 g/mol. The Kier molecular flexibility index (Phi) is 26.5. The van der Waals surface area contributed by atoms with Gasteiger partial charge in [0.2, 0.25) is 11.6 Å². The van der Waals surface area contributed by atoms with Crippen LogP contribution in [0.3, 0.4) is 0 Å². The number of methoxy groups -OCH3 is 3. The maximum atomic E-state index is 14.7. The van der Waals surface area contributed by atoms with Gasteiger partial charge in [0.25, 0.3) is 11.7 Å². The first-order valence-corrected chi connectivity index (χ1v) is 37.0. The molecule has 2 unspecified atom stereocenters. The molecule has 1 aromatic rings. The van der Waals surface area contributed by atoms with E-state index < -0.39 is 148 Å². The average Bonchev–Trinajstić information content (AvgIpc) is 1.41. The van der Waals surface area contributed by atoms with Crippen LogP contribution >= 0.6 is 0 Å². The first kappa shape index (κ1) is 79.4. The minimum atomic E-state index is -2.49. The average molecular weight is 1420 g/mol. The lowest BCUT2D eigenvalue weighted by molar-refractivity contribution is -0.265. The van der Waals surface area contributed by atoms with E-state index in [1.54, 1.807) is 40.9 Å². The number of piperidine rings is 1. The highest BCUT2D eigenvalue weighted by Gasteiger charge is 2.65. The number of furan rings is 1. The number of unbranched alkanes of at least 4 members (excludes halogenated alkanes) is 1. The molecule has 2 N–H and O–H groups in total. The van der Waals surface area contributed by atoms with Crippen LogP contribution in [-0.4, -0.2) is 175 Å². The van der Waals surface area contributed by atoms with E-state index in [0.717, 1.165) is 5.57 Å². The second-order valence-corrected chi connectivity index (χ2v) is 30.9. The maximum Gasteiger partial charge on any atom is 0.342 e. The molecule has 102 heavy (non-hydrogen) atoms. The van der Waals surface area contributed by atoms with Crippen molar-refractivity contribution in [1.82, 2.24) is 4.90 Å². The van der Waals surface area contributed by atoms with Crippen LogP contribution in [0.15, 0.2) is 69.4 Å². The number of carbonyl (C=O) groups is 10. The standard InChI is InChI=1S/C79H109NO22/c1-43-21-15-14-16-22-44(2)58(94-12)38-53-29-26-49(7)79(92,102-53)73(88)74(89)80-34-20-19-23-56(80)76(91)99-59(39-57(82)45(3)36-48(6)69(86)72(95-13)68(85)47(5)35-43)46(4)37-51-27-30-52(31-28-51)98-63(83)24-17-18-25-64(84)100-61-33-32-55-65-67(60(97-50(8)81)40-77(55,61)9)78(10)62(42-93-11)101-75(90)54-41-96-71(66(54)78)70(65)87/h14-16,21-22,36,41,43,45-47,49,51-53,55-56,58-62,69,72,86,92H,17-20,23-35,37-40,42H2,1-13H3/b16-14+,21-15+,44-22+,48-36+/t43-,45?,46-,47-,49-,51-,52-,53+,55?,56+,58+,59+,60-,61+,62-,69-,72+,77+,78+,79-/m1/s1. The Morgan fingerprint density at radius 1 is 0.784 bits per heavy atom. The molecule has 1 aromatic heterocycles. The molecular formula is C79H109NO22. The molecule has 4 fully saturated rings. The van der Waals surface area contributed by atoms with Crippen LogP contribution in [0.1, 0.15) is 224 Å². The lowest BCUT2D eigenvalue weighted by Crippen LogP contribution is -2.61. The number of hydrogen-bond acceptors (Lipinski definition) is 22. The smallest absolute Gasteiger partial charge is 0.342 e. The number of allylic oxidation sites excluding steroid dienone is 7. The minimum Gasteiger partial charge on any atom is -0.462 e. The first-order valence-electron chi connectivity index (χ1n) is 37.0. The van der Waals surface area contributed by atoms with E-state index in [9.17, 15) is 58.2 Å². The lowest BCUT2D eigenvalue weighted by Gasteiger charge is -2.52. The topological polar surface area (TPSA) is 311 Å². The van der Waals surface area contributed by atoms with Crippen molar-refractivity contribution in [3.63, 3.8) is 0 Å². The number of cyclic esters (lactones) is 2. The van der Waals surface area contributed by atoms with E-state index in [1.165, 1.54) is 32.3 Å². The monoisotopic (exact) mass is 1420 g/mol. The fourth-order valence-electron chi connectivity index (χ4n) is 17.6. The van der Waals surface area contributed by atoms with Crippen molar-refractivity contribution in [2.75, 3.05) is 34.5 Å². The first-order chi connectivity index (χ1) is 48.4. The van der Waals surface area contributed by atoms with Crippen molar-refractivity contribution >= 4 is 58.9 Å². The van der Waals surface area contributed by atoms with Gasteiger partial charge >= 0.3 is 29.8 Å². The zero-order chi connectivity index (χ0) is 74.3. The van der Waals surface area contributed by atoms with Gasteiger partial charge in [-0.3, -0.25) is 38.4 Å². The summed E-state index contributed by atoms with van der Waals surface area (Å²) in [7, 11) is 4.41. The molecule has 9 rings (SSSR count). The SMILES string of the molecule is COC[C@H]1OC(=O)c2coc3c2[C@@]1(C)C1=C(C3=O)C2CC[C@H](OC(=O)CCCCC(=O)O[C@H]3CC[C@H](C[C@@H](C)[C@@H]4CC(=O)C(C)/C=C(\C)[C@@H](O)[C@@H](OC)C(=O)[C@H](C)C[C@H](C)/C=C/C=C/C=C(\C)[C@@H](OC)C[C@@H]5CC[C@@H](C)[C@@](O)(O5)C(=O)C(=O)N5CCCC[C@H]5C(=O)O4)CC3)[C@@]2(C)C[C@H]1OC(C)=O. The molecule has 8 aliphatic rings. The number of ketones is 4. The van der Waals surface area contributed by atoms with E-state index >= 15 is 0 Å². The van der Waals surface area contributed by atoms with Crippen molar-refractivity contribution in [3.05, 3.63) is 81.9 Å². The van der Waals surface area contributed by atoms with Crippen molar-refractivity contribution in [1.29, 1.82) is 0 Å². The fourth-order valence-corrected chi connectivity index (χ4v) is 17.6. The summed E-state index contributed by atoms with van der Waals surface area (Å²) < 4.78 is 59.6. The third kappa shape index (κ3) is 17.1. The highest BCUT2D eigenvalue weighted by atomic mass is 16.6. The van der Waals surface area contributed by atoms with Gasteiger partial charge in [0.05, 0.1) is 24.2 Å². The number of aliphatic hydroxyl groups is 2. The zero-order valence-corrected chi connectivity index (χ0v) is 61.9. The summed E-state index contributed by atoms with van der Waals surface area (Å²) in [6.07, 6.45) is 12.3. The molecule has 18 atom stereocenters.